The van der Waals surface area contributed by atoms with E-state index in [1.54, 1.807) is 0 Å². The van der Waals surface area contributed by atoms with Crippen LogP contribution >= 0.6 is 12.2 Å². The van der Waals surface area contributed by atoms with E-state index in [2.05, 4.69) is 10.6 Å². The quantitative estimate of drug-likeness (QED) is 0.512. The molecule has 0 radical (unpaired) electrons. The number of nitrogens with zero attached hydrogens (tertiary/aromatic N) is 1. The number of carbonyl (C=O) groups is 1. The number of amides is 1. The van der Waals surface area contributed by atoms with Gasteiger partial charge in [0, 0.05) is 24.2 Å². The average molecular weight is 329 g/mol. The molecule has 0 aliphatic heterocycles. The number of nitrogens with one attached hydrogen (secondary N) is 2. The van der Waals surface area contributed by atoms with Gasteiger partial charge >= 0.3 is 0 Å². The van der Waals surface area contributed by atoms with Gasteiger partial charge in [0.25, 0.3) is 11.6 Å². The first-order valence-electron chi connectivity index (χ1n) is 6.85. The number of thiocarbonyl (C=S) groups is 1. The highest BCUT2D eigenvalue weighted by Gasteiger charge is 2.12. The minimum Gasteiger partial charge on any atom is -0.358 e. The van der Waals surface area contributed by atoms with E-state index in [1.165, 1.54) is 24.3 Å². The molecule has 0 saturated carbocycles. The van der Waals surface area contributed by atoms with Crippen molar-refractivity contribution in [1.29, 1.82) is 0 Å². The van der Waals surface area contributed by atoms with Crippen molar-refractivity contribution in [3.05, 3.63) is 75.3 Å². The predicted molar refractivity (Wildman–Crippen MR) is 91.2 cm³/mol. The molecule has 2 N–H and O–H groups in total. The van der Waals surface area contributed by atoms with Crippen molar-refractivity contribution in [3.63, 3.8) is 0 Å². The maximum atomic E-state index is 12.0. The topological polar surface area (TPSA) is 84.3 Å². The van der Waals surface area contributed by atoms with Gasteiger partial charge in [-0.15, -0.1) is 0 Å². The van der Waals surface area contributed by atoms with E-state index in [0.29, 0.717) is 6.54 Å². The van der Waals surface area contributed by atoms with Gasteiger partial charge in [0.1, 0.15) is 0 Å². The van der Waals surface area contributed by atoms with Gasteiger partial charge in [-0.3, -0.25) is 20.2 Å². The SMILES string of the molecule is Cc1ccc(CNC(=S)NC(=O)c2cccc([N+](=O)[O-])c2)cc1. The van der Waals surface area contributed by atoms with Crippen molar-refractivity contribution in [2.75, 3.05) is 0 Å². The Kier molecular flexibility index (Phi) is 5.37. The highest BCUT2D eigenvalue weighted by Crippen LogP contribution is 2.12. The molecule has 1 amide bonds. The Labute approximate surface area is 138 Å². The van der Waals surface area contributed by atoms with Gasteiger partial charge in [-0.05, 0) is 30.8 Å². The van der Waals surface area contributed by atoms with Crippen LogP contribution < -0.4 is 10.6 Å². The normalized spacial score (nSPS) is 9.96. The zero-order chi connectivity index (χ0) is 16.8. The smallest absolute Gasteiger partial charge is 0.270 e. The van der Waals surface area contributed by atoms with E-state index in [1.807, 2.05) is 31.2 Å². The standard InChI is InChI=1S/C16H15N3O3S/c1-11-5-7-12(8-6-11)10-17-16(23)18-15(20)13-3-2-4-14(9-13)19(21)22/h2-9H,10H2,1H3,(H2,17,18,20,23). The molecule has 2 aromatic rings. The fourth-order valence-corrected chi connectivity index (χ4v) is 2.03. The van der Waals surface area contributed by atoms with Crippen LogP contribution in [0, 0.1) is 17.0 Å². The number of carbonyl (C=O) groups excluding carboxylic acids is 1. The third-order valence-corrected chi connectivity index (χ3v) is 3.37. The first-order chi connectivity index (χ1) is 11.0. The van der Waals surface area contributed by atoms with Gasteiger partial charge in [-0.25, -0.2) is 0 Å². The van der Waals surface area contributed by atoms with Gasteiger partial charge in [0.05, 0.1) is 4.92 Å². The molecule has 0 spiro atoms. The minimum absolute atomic E-state index is 0.142. The third kappa shape index (κ3) is 4.86. The number of hydrogen-bond donors (Lipinski definition) is 2. The second-order valence-corrected chi connectivity index (χ2v) is 5.34. The van der Waals surface area contributed by atoms with Crippen molar-refractivity contribution >= 4 is 28.9 Å². The summed E-state index contributed by atoms with van der Waals surface area (Å²) in [6, 6.07) is 13.4. The molecule has 0 aromatic heterocycles. The summed E-state index contributed by atoms with van der Waals surface area (Å²) in [5, 5.41) is 16.3. The first-order valence-corrected chi connectivity index (χ1v) is 7.26. The molecule has 7 heteroatoms. The molecule has 0 fully saturated rings. The van der Waals surface area contributed by atoms with E-state index >= 15 is 0 Å². The summed E-state index contributed by atoms with van der Waals surface area (Å²) in [7, 11) is 0. The van der Waals surface area contributed by atoms with Crippen LogP contribution in [0.2, 0.25) is 0 Å². The third-order valence-electron chi connectivity index (χ3n) is 3.12. The van der Waals surface area contributed by atoms with E-state index in [-0.39, 0.29) is 16.4 Å². The highest BCUT2D eigenvalue weighted by molar-refractivity contribution is 7.80. The number of aryl methyl sites for hydroxylation is 1. The lowest BCUT2D eigenvalue weighted by Crippen LogP contribution is -2.38. The van der Waals surface area contributed by atoms with Crippen LogP contribution in [0.25, 0.3) is 0 Å². The Morgan fingerprint density at radius 3 is 2.57 bits per heavy atom. The Morgan fingerprint density at radius 1 is 1.22 bits per heavy atom. The van der Waals surface area contributed by atoms with Gasteiger partial charge in [0.15, 0.2) is 5.11 Å². The minimum atomic E-state index is -0.551. The maximum Gasteiger partial charge on any atom is 0.270 e. The Balaban J connectivity index is 1.92. The molecule has 118 valence electrons. The summed E-state index contributed by atoms with van der Waals surface area (Å²) in [4.78, 5) is 22.2. The molecule has 23 heavy (non-hydrogen) atoms. The monoisotopic (exact) mass is 329 g/mol. The molecule has 0 unspecified atom stereocenters. The lowest BCUT2D eigenvalue weighted by molar-refractivity contribution is -0.384. The zero-order valence-corrected chi connectivity index (χ0v) is 13.2. The zero-order valence-electron chi connectivity index (χ0n) is 12.4. The fourth-order valence-electron chi connectivity index (χ4n) is 1.87. The highest BCUT2D eigenvalue weighted by atomic mass is 32.1. The van der Waals surface area contributed by atoms with E-state index < -0.39 is 10.8 Å². The molecule has 0 bridgehead atoms. The van der Waals surface area contributed by atoms with E-state index in [9.17, 15) is 14.9 Å². The van der Waals surface area contributed by atoms with Crippen molar-refractivity contribution in [3.8, 4) is 0 Å². The van der Waals surface area contributed by atoms with E-state index in [0.717, 1.165) is 11.1 Å². The molecular formula is C16H15N3O3S. The average Bonchev–Trinajstić information content (AvgIpc) is 2.54. The molecule has 0 saturated heterocycles. The van der Waals surface area contributed by atoms with Crippen molar-refractivity contribution < 1.29 is 9.72 Å². The molecule has 2 aromatic carbocycles. The van der Waals surface area contributed by atoms with Crippen LogP contribution in [0.1, 0.15) is 21.5 Å². The van der Waals surface area contributed by atoms with E-state index in [4.69, 9.17) is 12.2 Å². The largest absolute Gasteiger partial charge is 0.358 e. The molecule has 0 aliphatic carbocycles. The van der Waals surface area contributed by atoms with Crippen molar-refractivity contribution in [2.45, 2.75) is 13.5 Å². The summed E-state index contributed by atoms with van der Waals surface area (Å²) in [5.74, 6) is -0.491. The van der Waals surface area contributed by atoms with Crippen LogP contribution in [0.15, 0.2) is 48.5 Å². The first kappa shape index (κ1) is 16.6. The Bertz CT molecular complexity index is 744. The van der Waals surface area contributed by atoms with Crippen LogP contribution in [-0.4, -0.2) is 15.9 Å². The van der Waals surface area contributed by atoms with Crippen LogP contribution in [-0.2, 0) is 6.54 Å². The molecule has 0 aliphatic rings. The molecular weight excluding hydrogens is 314 g/mol. The predicted octanol–water partition coefficient (Wildman–Crippen LogP) is 2.71. The molecule has 0 atom stereocenters. The van der Waals surface area contributed by atoms with Crippen molar-refractivity contribution in [1.82, 2.24) is 10.6 Å². The number of hydrogen-bond acceptors (Lipinski definition) is 4. The van der Waals surface area contributed by atoms with Crippen LogP contribution in [0.5, 0.6) is 0 Å². The van der Waals surface area contributed by atoms with Gasteiger partial charge in [0.2, 0.25) is 0 Å². The van der Waals surface area contributed by atoms with Gasteiger partial charge in [-0.2, -0.15) is 0 Å². The number of nitro benzene ring substituents is 1. The van der Waals surface area contributed by atoms with Crippen LogP contribution in [0.4, 0.5) is 5.69 Å². The number of rotatable bonds is 4. The second-order valence-electron chi connectivity index (χ2n) is 4.93. The number of nitro groups is 1. The summed E-state index contributed by atoms with van der Waals surface area (Å²) in [6.07, 6.45) is 0. The van der Waals surface area contributed by atoms with Gasteiger partial charge < -0.3 is 5.32 Å². The number of benzene rings is 2. The van der Waals surface area contributed by atoms with Gasteiger partial charge in [-0.1, -0.05) is 35.9 Å². The molecule has 2 rings (SSSR count). The summed E-state index contributed by atoms with van der Waals surface area (Å²) >= 11 is 5.06. The fraction of sp³-hybridized carbons (Fsp3) is 0.125. The lowest BCUT2D eigenvalue weighted by Gasteiger charge is -2.09. The number of non-ortho nitro benzene ring substituents is 1. The molecule has 6 nitrogen and oxygen atoms in total. The second kappa shape index (κ2) is 7.46. The molecule has 0 heterocycles. The summed E-state index contributed by atoms with van der Waals surface area (Å²) in [6.45, 7) is 2.48. The summed E-state index contributed by atoms with van der Waals surface area (Å²) in [5.41, 5.74) is 2.23. The lowest BCUT2D eigenvalue weighted by atomic mass is 10.1. The van der Waals surface area contributed by atoms with Crippen LogP contribution in [0.3, 0.4) is 0 Å². The summed E-state index contributed by atoms with van der Waals surface area (Å²) < 4.78 is 0. The Hall–Kier alpha value is -2.80. The Morgan fingerprint density at radius 2 is 1.91 bits per heavy atom. The maximum absolute atomic E-state index is 12.0. The van der Waals surface area contributed by atoms with Crippen molar-refractivity contribution in [2.24, 2.45) is 0 Å².